The molecule has 4 aromatic heterocycles. The number of nitrogens with zero attached hydrogens (tertiary/aromatic N) is 8. The van der Waals surface area contributed by atoms with E-state index in [0.717, 1.165) is 33.4 Å². The molecule has 9 aromatic rings. The molecule has 4 heterocycles. The SMILES string of the molecule is COC(=O)C1=C(c2n[nH]c(-c3ccccc3)n2)C(C)C(c2n[nH]c(-c3ccc(-c4ccc(-c5nc(-c6cc(C(=O)OC)cc(-c7n[nH]c(-c8ccccc8)n7)c6)n[nH]5)cc4)cc3)n2)C=C1. The van der Waals surface area contributed by atoms with Gasteiger partial charge in [0, 0.05) is 44.9 Å². The lowest BCUT2D eigenvalue weighted by Gasteiger charge is -2.25. The van der Waals surface area contributed by atoms with Gasteiger partial charge in [0.05, 0.1) is 25.4 Å². The van der Waals surface area contributed by atoms with Gasteiger partial charge >= 0.3 is 11.9 Å². The van der Waals surface area contributed by atoms with Crippen LogP contribution in [0.1, 0.15) is 34.8 Å². The number of aromatic nitrogens is 12. The number of rotatable bonds is 11. The maximum absolute atomic E-state index is 12.9. The number of nitrogens with one attached hydrogen (secondary N) is 4. The highest BCUT2D eigenvalue weighted by Gasteiger charge is 2.34. The van der Waals surface area contributed by atoms with E-state index in [9.17, 15) is 9.59 Å². The van der Waals surface area contributed by atoms with Crippen LogP contribution >= 0.6 is 0 Å². The van der Waals surface area contributed by atoms with Crippen LogP contribution in [0.25, 0.3) is 85.0 Å². The third-order valence-corrected chi connectivity index (χ3v) is 11.3. The van der Waals surface area contributed by atoms with Gasteiger partial charge in [-0.2, -0.15) is 20.4 Å². The van der Waals surface area contributed by atoms with Gasteiger partial charge in [0.15, 0.2) is 46.6 Å². The Labute approximate surface area is 371 Å². The summed E-state index contributed by atoms with van der Waals surface area (Å²) in [6.07, 6.45) is 3.66. The van der Waals surface area contributed by atoms with Gasteiger partial charge in [0.1, 0.15) is 0 Å². The number of ether oxygens (including phenoxy) is 2. The molecule has 0 saturated carbocycles. The molecule has 0 amide bonds. The van der Waals surface area contributed by atoms with Gasteiger partial charge in [0.25, 0.3) is 0 Å². The maximum atomic E-state index is 12.9. The Morgan fingerprint density at radius 3 is 1.42 bits per heavy atom. The summed E-state index contributed by atoms with van der Waals surface area (Å²) in [7, 11) is 2.69. The number of carbonyl (C=O) groups excluding carboxylic acids is 2. The Morgan fingerprint density at radius 2 is 0.908 bits per heavy atom. The number of carbonyl (C=O) groups is 2. The first-order valence-electron chi connectivity index (χ1n) is 20.6. The molecule has 10 rings (SSSR count). The van der Waals surface area contributed by atoms with Crippen molar-refractivity contribution in [2.75, 3.05) is 14.2 Å². The van der Waals surface area contributed by atoms with Gasteiger partial charge in [-0.15, -0.1) is 0 Å². The molecule has 0 fully saturated rings. The molecule has 0 radical (unpaired) electrons. The van der Waals surface area contributed by atoms with Crippen LogP contribution in [-0.2, 0) is 14.3 Å². The molecule has 16 nitrogen and oxygen atoms in total. The average Bonchev–Trinajstić information content (AvgIpc) is 4.22. The van der Waals surface area contributed by atoms with Gasteiger partial charge < -0.3 is 9.47 Å². The van der Waals surface area contributed by atoms with E-state index in [2.05, 4.69) is 45.8 Å². The van der Waals surface area contributed by atoms with E-state index in [0.29, 0.717) is 74.4 Å². The molecule has 65 heavy (non-hydrogen) atoms. The molecule has 1 aliphatic rings. The van der Waals surface area contributed by atoms with Crippen LogP contribution in [0.2, 0.25) is 0 Å². The molecule has 0 spiro atoms. The van der Waals surface area contributed by atoms with E-state index < -0.39 is 11.9 Å². The number of hydrogen-bond acceptors (Lipinski definition) is 12. The van der Waals surface area contributed by atoms with Gasteiger partial charge in [-0.05, 0) is 35.2 Å². The minimum absolute atomic E-state index is 0.254. The fraction of sp³-hybridized carbons (Fsp3) is 0.102. The fourth-order valence-corrected chi connectivity index (χ4v) is 7.86. The zero-order chi connectivity index (χ0) is 44.4. The smallest absolute Gasteiger partial charge is 0.338 e. The highest BCUT2D eigenvalue weighted by atomic mass is 16.5. The Balaban J connectivity index is 0.846. The van der Waals surface area contributed by atoms with Gasteiger partial charge in [-0.3, -0.25) is 20.4 Å². The van der Waals surface area contributed by atoms with Crippen molar-refractivity contribution < 1.29 is 19.1 Å². The van der Waals surface area contributed by atoms with Gasteiger partial charge in [0.2, 0.25) is 0 Å². The minimum atomic E-state index is -0.505. The van der Waals surface area contributed by atoms with Crippen molar-refractivity contribution in [3.8, 4) is 79.5 Å². The van der Waals surface area contributed by atoms with Crippen molar-refractivity contribution in [2.24, 2.45) is 5.92 Å². The number of H-pyrrole nitrogens is 4. The zero-order valence-corrected chi connectivity index (χ0v) is 35.1. The fourth-order valence-electron chi connectivity index (χ4n) is 7.86. The van der Waals surface area contributed by atoms with E-state index in [4.69, 9.17) is 24.4 Å². The summed E-state index contributed by atoms with van der Waals surface area (Å²) in [4.78, 5) is 44.7. The maximum Gasteiger partial charge on any atom is 0.338 e. The zero-order valence-electron chi connectivity index (χ0n) is 35.1. The van der Waals surface area contributed by atoms with Crippen LogP contribution in [0.15, 0.2) is 145 Å². The quantitative estimate of drug-likeness (QED) is 0.0900. The van der Waals surface area contributed by atoms with Crippen LogP contribution in [0.5, 0.6) is 0 Å². The van der Waals surface area contributed by atoms with Crippen LogP contribution in [-0.4, -0.2) is 86.9 Å². The monoisotopic (exact) mass is 858 g/mol. The lowest BCUT2D eigenvalue weighted by atomic mass is 9.79. The second-order valence-corrected chi connectivity index (χ2v) is 15.2. The molecule has 0 saturated heterocycles. The number of benzene rings is 5. The third kappa shape index (κ3) is 7.91. The van der Waals surface area contributed by atoms with Crippen LogP contribution in [0.3, 0.4) is 0 Å². The average molecular weight is 859 g/mol. The minimum Gasteiger partial charge on any atom is -0.465 e. The predicted molar refractivity (Wildman–Crippen MR) is 242 cm³/mol. The number of aromatic amines is 4. The summed E-state index contributed by atoms with van der Waals surface area (Å²) in [6, 6.07) is 40.6. The lowest BCUT2D eigenvalue weighted by molar-refractivity contribution is -0.135. The number of esters is 2. The summed E-state index contributed by atoms with van der Waals surface area (Å²) in [6.45, 7) is 2.01. The van der Waals surface area contributed by atoms with Gasteiger partial charge in [-0.25, -0.2) is 29.5 Å². The first kappa shape index (κ1) is 40.2. The number of allylic oxidation sites excluding steroid dienone is 2. The predicted octanol–water partition coefficient (Wildman–Crippen LogP) is 8.53. The van der Waals surface area contributed by atoms with Crippen molar-refractivity contribution in [3.05, 3.63) is 162 Å². The Hall–Kier alpha value is -8.92. The Kier molecular flexibility index (Phi) is 10.6. The third-order valence-electron chi connectivity index (χ3n) is 11.3. The van der Waals surface area contributed by atoms with E-state index in [1.165, 1.54) is 14.2 Å². The molecule has 2 unspecified atom stereocenters. The normalized spacial score (nSPS) is 14.7. The molecular weight excluding hydrogens is 821 g/mol. The first-order chi connectivity index (χ1) is 31.8. The summed E-state index contributed by atoms with van der Waals surface area (Å²) in [5.74, 6) is 2.66. The summed E-state index contributed by atoms with van der Waals surface area (Å²) in [5.41, 5.74) is 8.00. The van der Waals surface area contributed by atoms with Crippen LogP contribution in [0, 0.1) is 5.92 Å². The number of hydrogen-bond donors (Lipinski definition) is 4. The highest BCUT2D eigenvalue weighted by molar-refractivity contribution is 6.01. The molecule has 318 valence electrons. The first-order valence-corrected chi connectivity index (χ1v) is 20.6. The molecule has 1 aliphatic carbocycles. The van der Waals surface area contributed by atoms with E-state index >= 15 is 0 Å². The summed E-state index contributed by atoms with van der Waals surface area (Å²) < 4.78 is 10.2. The largest absolute Gasteiger partial charge is 0.465 e. The lowest BCUT2D eigenvalue weighted by Crippen LogP contribution is -2.20. The molecule has 0 aliphatic heterocycles. The van der Waals surface area contributed by atoms with Gasteiger partial charge in [-0.1, -0.05) is 128 Å². The molecule has 2 atom stereocenters. The topological polar surface area (TPSA) is 219 Å². The van der Waals surface area contributed by atoms with E-state index in [1.807, 2.05) is 128 Å². The molecule has 4 N–H and O–H groups in total. The van der Waals surface area contributed by atoms with Crippen molar-refractivity contribution in [2.45, 2.75) is 12.8 Å². The summed E-state index contributed by atoms with van der Waals surface area (Å²) in [5, 5.41) is 30.2. The molecule has 16 heteroatoms. The van der Waals surface area contributed by atoms with E-state index in [1.54, 1.807) is 18.2 Å². The van der Waals surface area contributed by atoms with Crippen LogP contribution < -0.4 is 0 Å². The Morgan fingerprint density at radius 1 is 0.477 bits per heavy atom. The van der Waals surface area contributed by atoms with Crippen molar-refractivity contribution in [3.63, 3.8) is 0 Å². The van der Waals surface area contributed by atoms with Crippen LogP contribution in [0.4, 0.5) is 0 Å². The highest BCUT2D eigenvalue weighted by Crippen LogP contribution is 2.41. The van der Waals surface area contributed by atoms with E-state index in [-0.39, 0.29) is 11.8 Å². The van der Waals surface area contributed by atoms with Crippen molar-refractivity contribution >= 4 is 17.5 Å². The molecule has 5 aromatic carbocycles. The molecular formula is C49H38N12O4. The van der Waals surface area contributed by atoms with Crippen molar-refractivity contribution in [1.29, 1.82) is 0 Å². The standard InChI is InChI=1S/C49H38N12O4/c1-27-37(22-23-38(49(63)65-3)39(27)47-53-41(57-61-47)31-12-8-5-9-13-31)46-52-43(56-60-46)33-20-16-29(17-21-33)28-14-18-32(19-15-28)42-51-45(59-55-42)35-24-34(25-36(26-35)48(62)64-2)44-50-40(54-58-44)30-10-6-4-7-11-30/h4-27,37H,1-3H3,(H,50,54,58)(H,51,55,59)(H,52,56,60)(H,53,57,61). The Bertz CT molecular complexity index is 3240. The second kappa shape index (κ2) is 17.1. The second-order valence-electron chi connectivity index (χ2n) is 15.2. The van der Waals surface area contributed by atoms with Crippen molar-refractivity contribution in [1.82, 2.24) is 60.7 Å². The number of methoxy groups -OCH3 is 2. The summed E-state index contributed by atoms with van der Waals surface area (Å²) >= 11 is 0. The molecule has 0 bridgehead atoms.